The monoisotopic (exact) mass is 388 g/mol. The van der Waals surface area contributed by atoms with Crippen molar-refractivity contribution in [2.45, 2.75) is 44.2 Å². The first-order valence-electron chi connectivity index (χ1n) is 10.4. The van der Waals surface area contributed by atoms with E-state index in [0.29, 0.717) is 5.82 Å². The van der Waals surface area contributed by atoms with E-state index in [4.69, 9.17) is 0 Å². The van der Waals surface area contributed by atoms with E-state index < -0.39 is 6.10 Å². The molecule has 1 heterocycles. The van der Waals surface area contributed by atoms with Gasteiger partial charge in [0.2, 0.25) is 0 Å². The summed E-state index contributed by atoms with van der Waals surface area (Å²) in [5.41, 5.74) is 4.96. The fraction of sp³-hybridized carbons (Fsp3) is 0.320. The number of imidazole rings is 1. The Morgan fingerprint density at radius 3 is 2.28 bits per heavy atom. The molecule has 150 valence electrons. The van der Waals surface area contributed by atoms with Crippen LogP contribution in [0.2, 0.25) is 0 Å². The second-order valence-electron chi connectivity index (χ2n) is 7.85. The van der Waals surface area contributed by atoms with E-state index in [9.17, 15) is 10.2 Å². The highest BCUT2D eigenvalue weighted by molar-refractivity contribution is 5.66. The Morgan fingerprint density at radius 1 is 1.07 bits per heavy atom. The molecule has 29 heavy (non-hydrogen) atoms. The van der Waals surface area contributed by atoms with E-state index in [-0.39, 0.29) is 12.6 Å². The Hall–Kier alpha value is -2.69. The summed E-state index contributed by atoms with van der Waals surface area (Å²) in [5.74, 6) is 1.32. The molecule has 3 aromatic rings. The Morgan fingerprint density at radius 2 is 1.72 bits per heavy atom. The van der Waals surface area contributed by atoms with Gasteiger partial charge in [0.05, 0.1) is 12.6 Å². The van der Waals surface area contributed by atoms with Gasteiger partial charge in [0.1, 0.15) is 11.9 Å². The van der Waals surface area contributed by atoms with Crippen molar-refractivity contribution in [3.8, 4) is 11.1 Å². The highest BCUT2D eigenvalue weighted by atomic mass is 16.3. The largest absolute Gasteiger partial charge is 0.394 e. The van der Waals surface area contributed by atoms with E-state index >= 15 is 0 Å². The van der Waals surface area contributed by atoms with E-state index in [1.54, 1.807) is 23.9 Å². The maximum Gasteiger partial charge on any atom is 0.137 e. The molecule has 0 saturated heterocycles. The Balaban J connectivity index is 1.46. The van der Waals surface area contributed by atoms with Gasteiger partial charge in [-0.2, -0.15) is 0 Å². The van der Waals surface area contributed by atoms with Gasteiger partial charge in [-0.15, -0.1) is 0 Å². The molecule has 1 fully saturated rings. The van der Waals surface area contributed by atoms with Crippen LogP contribution in [0.5, 0.6) is 0 Å². The number of aliphatic hydroxyl groups is 2. The van der Waals surface area contributed by atoms with Gasteiger partial charge in [-0.1, -0.05) is 67.1 Å². The topological polar surface area (TPSA) is 58.3 Å². The third-order valence-corrected chi connectivity index (χ3v) is 5.86. The maximum absolute atomic E-state index is 9.84. The lowest BCUT2D eigenvalue weighted by Crippen LogP contribution is -2.14. The fourth-order valence-corrected chi connectivity index (χ4v) is 3.87. The van der Waals surface area contributed by atoms with Crippen LogP contribution in [-0.4, -0.2) is 26.4 Å². The molecule has 2 atom stereocenters. The molecule has 0 radical (unpaired) electrons. The lowest BCUT2D eigenvalue weighted by molar-refractivity contribution is 0.175. The molecule has 2 aromatic carbocycles. The molecular weight excluding hydrogens is 360 g/mol. The minimum Gasteiger partial charge on any atom is -0.394 e. The molecule has 1 saturated carbocycles. The Kier molecular flexibility index (Phi) is 5.93. The molecule has 1 aromatic heterocycles. The summed E-state index contributed by atoms with van der Waals surface area (Å²) >= 11 is 0. The first-order valence-corrected chi connectivity index (χ1v) is 10.4. The summed E-state index contributed by atoms with van der Waals surface area (Å²) in [7, 11) is 0. The van der Waals surface area contributed by atoms with Crippen molar-refractivity contribution in [3.63, 3.8) is 0 Å². The number of aliphatic hydroxyl groups excluding tert-OH is 2. The normalized spacial score (nSPS) is 16.7. The molecule has 1 aliphatic rings. The van der Waals surface area contributed by atoms with Gasteiger partial charge in [0.25, 0.3) is 0 Å². The standard InChI is InChI=1S/C25H28N2O2/c1-18(29)25-26-15-16-27(25)24(17-28)14-7-19-5-8-21(9-6-19)23-12-10-22(11-13-23)20-3-2-4-20/h5-16,18,20,24,28-29H,2-4,17H2,1H3/b14-7+/t18-,24-/m0/s1. The molecular formula is C25H28N2O2. The highest BCUT2D eigenvalue weighted by Gasteiger charge is 2.19. The van der Waals surface area contributed by atoms with Crippen LogP contribution < -0.4 is 0 Å². The summed E-state index contributed by atoms with van der Waals surface area (Å²) in [4.78, 5) is 4.18. The van der Waals surface area contributed by atoms with E-state index in [1.165, 1.54) is 36.0 Å². The van der Waals surface area contributed by atoms with E-state index in [2.05, 4.69) is 53.5 Å². The molecule has 4 heteroatoms. The van der Waals surface area contributed by atoms with Crippen molar-refractivity contribution in [2.75, 3.05) is 6.61 Å². The number of benzene rings is 2. The van der Waals surface area contributed by atoms with Crippen molar-refractivity contribution >= 4 is 6.08 Å². The number of aromatic nitrogens is 2. The minimum absolute atomic E-state index is 0.0575. The van der Waals surface area contributed by atoms with Crippen LogP contribution in [0.4, 0.5) is 0 Å². The average Bonchev–Trinajstić information content (AvgIpc) is 3.18. The van der Waals surface area contributed by atoms with Gasteiger partial charge in [0.15, 0.2) is 0 Å². The van der Waals surface area contributed by atoms with Crippen LogP contribution in [0.3, 0.4) is 0 Å². The van der Waals surface area contributed by atoms with Crippen LogP contribution in [0.25, 0.3) is 17.2 Å². The zero-order valence-corrected chi connectivity index (χ0v) is 16.8. The van der Waals surface area contributed by atoms with Gasteiger partial charge >= 0.3 is 0 Å². The number of rotatable bonds is 7. The lowest BCUT2D eigenvalue weighted by atomic mass is 9.80. The predicted octanol–water partition coefficient (Wildman–Crippen LogP) is 5.12. The predicted molar refractivity (Wildman–Crippen MR) is 116 cm³/mol. The second-order valence-corrected chi connectivity index (χ2v) is 7.85. The summed E-state index contributed by atoms with van der Waals surface area (Å²) in [5, 5.41) is 19.6. The molecule has 0 bridgehead atoms. The van der Waals surface area contributed by atoms with Crippen molar-refractivity contribution in [1.29, 1.82) is 0 Å². The maximum atomic E-state index is 9.84. The second kappa shape index (κ2) is 8.76. The third-order valence-electron chi connectivity index (χ3n) is 5.86. The van der Waals surface area contributed by atoms with Crippen molar-refractivity contribution in [3.05, 3.63) is 84.0 Å². The summed E-state index contributed by atoms with van der Waals surface area (Å²) in [6.45, 7) is 1.62. The first-order chi connectivity index (χ1) is 14.2. The van der Waals surface area contributed by atoms with Crippen molar-refractivity contribution in [1.82, 2.24) is 9.55 Å². The van der Waals surface area contributed by atoms with Crippen LogP contribution in [0, 0.1) is 0 Å². The number of hydrogen-bond acceptors (Lipinski definition) is 3. The molecule has 0 aliphatic heterocycles. The number of nitrogens with zero attached hydrogens (tertiary/aromatic N) is 2. The SMILES string of the molecule is C[C@H](O)c1nccn1[C@@H](/C=C/c1ccc(-c2ccc(C3CCC3)cc2)cc1)CO. The van der Waals surface area contributed by atoms with E-state index in [0.717, 1.165) is 11.5 Å². The zero-order valence-electron chi connectivity index (χ0n) is 16.8. The molecule has 4 nitrogen and oxygen atoms in total. The molecule has 4 rings (SSSR count). The van der Waals surface area contributed by atoms with Crippen LogP contribution in [0.15, 0.2) is 67.0 Å². The van der Waals surface area contributed by atoms with Crippen molar-refractivity contribution in [2.24, 2.45) is 0 Å². The quantitative estimate of drug-likeness (QED) is 0.591. The molecule has 0 unspecified atom stereocenters. The first kappa shape index (κ1) is 19.6. The van der Waals surface area contributed by atoms with Gasteiger partial charge in [-0.3, -0.25) is 0 Å². The van der Waals surface area contributed by atoms with Crippen molar-refractivity contribution < 1.29 is 10.2 Å². The minimum atomic E-state index is -0.678. The third kappa shape index (κ3) is 4.34. The molecule has 1 aliphatic carbocycles. The Labute approximate surface area is 172 Å². The van der Waals surface area contributed by atoms with E-state index in [1.807, 2.05) is 12.2 Å². The highest BCUT2D eigenvalue weighted by Crippen LogP contribution is 2.37. The van der Waals surface area contributed by atoms with Gasteiger partial charge in [-0.05, 0) is 47.9 Å². The summed E-state index contributed by atoms with van der Waals surface area (Å²) in [6.07, 6.45) is 10.7. The van der Waals surface area contributed by atoms with Crippen LogP contribution in [-0.2, 0) is 0 Å². The van der Waals surface area contributed by atoms with Gasteiger partial charge in [0, 0.05) is 12.4 Å². The lowest BCUT2D eigenvalue weighted by Gasteiger charge is -2.25. The Bertz CT molecular complexity index is 951. The zero-order chi connectivity index (χ0) is 20.2. The molecule has 2 N–H and O–H groups in total. The fourth-order valence-electron chi connectivity index (χ4n) is 3.87. The van der Waals surface area contributed by atoms with Crippen LogP contribution >= 0.6 is 0 Å². The number of hydrogen-bond donors (Lipinski definition) is 2. The summed E-state index contributed by atoms with van der Waals surface area (Å²) < 4.78 is 1.80. The average molecular weight is 389 g/mol. The molecule has 0 spiro atoms. The van der Waals surface area contributed by atoms with Crippen LogP contribution in [0.1, 0.15) is 61.2 Å². The molecule has 0 amide bonds. The smallest absolute Gasteiger partial charge is 0.137 e. The summed E-state index contributed by atoms with van der Waals surface area (Å²) in [6, 6.07) is 17.1. The van der Waals surface area contributed by atoms with Gasteiger partial charge in [-0.25, -0.2) is 4.98 Å². The van der Waals surface area contributed by atoms with Gasteiger partial charge < -0.3 is 14.8 Å².